The number of anilines is 2. The van der Waals surface area contributed by atoms with Crippen molar-refractivity contribution in [1.29, 1.82) is 0 Å². The Kier molecular flexibility index (Phi) is 2.79. The zero-order valence-electron chi connectivity index (χ0n) is 10.6. The SMILES string of the molecule is Cc1noc(NC(=O)c2cc3ccccc3c(N)n2)n1. The van der Waals surface area contributed by atoms with Gasteiger partial charge < -0.3 is 10.3 Å². The number of aromatic nitrogens is 3. The van der Waals surface area contributed by atoms with Crippen molar-refractivity contribution >= 4 is 28.5 Å². The number of carbonyl (C=O) groups excluding carboxylic acids is 1. The minimum absolute atomic E-state index is 0.0287. The molecule has 1 aromatic carbocycles. The highest BCUT2D eigenvalue weighted by atomic mass is 16.5. The molecule has 0 bridgehead atoms. The summed E-state index contributed by atoms with van der Waals surface area (Å²) < 4.78 is 4.82. The molecular formula is C13H11N5O2. The third-order valence-electron chi connectivity index (χ3n) is 2.75. The molecule has 7 nitrogen and oxygen atoms in total. The van der Waals surface area contributed by atoms with Gasteiger partial charge in [-0.05, 0) is 18.4 Å². The van der Waals surface area contributed by atoms with Gasteiger partial charge in [0, 0.05) is 5.39 Å². The fourth-order valence-corrected chi connectivity index (χ4v) is 1.85. The average Bonchev–Trinajstić information content (AvgIpc) is 2.84. The predicted molar refractivity (Wildman–Crippen MR) is 73.1 cm³/mol. The maximum atomic E-state index is 12.1. The summed E-state index contributed by atoms with van der Waals surface area (Å²) in [6.45, 7) is 1.66. The topological polar surface area (TPSA) is 107 Å². The number of hydrogen-bond donors (Lipinski definition) is 2. The lowest BCUT2D eigenvalue weighted by molar-refractivity contribution is 0.101. The van der Waals surface area contributed by atoms with Crippen molar-refractivity contribution in [3.63, 3.8) is 0 Å². The maximum absolute atomic E-state index is 12.1. The first-order valence-electron chi connectivity index (χ1n) is 5.90. The van der Waals surface area contributed by atoms with Crippen LogP contribution in [-0.4, -0.2) is 21.0 Å². The van der Waals surface area contributed by atoms with Gasteiger partial charge in [-0.25, -0.2) is 4.98 Å². The third kappa shape index (κ3) is 2.16. The number of rotatable bonds is 2. The molecule has 7 heteroatoms. The number of benzene rings is 1. The summed E-state index contributed by atoms with van der Waals surface area (Å²) in [5, 5.41) is 7.70. The molecule has 0 aliphatic carbocycles. The van der Waals surface area contributed by atoms with E-state index in [1.165, 1.54) is 0 Å². The molecule has 0 aliphatic heterocycles. The number of pyridine rings is 1. The molecule has 0 unspecified atom stereocenters. The summed E-state index contributed by atoms with van der Waals surface area (Å²) in [7, 11) is 0. The molecule has 3 rings (SSSR count). The van der Waals surface area contributed by atoms with Gasteiger partial charge in [-0.2, -0.15) is 4.98 Å². The fraction of sp³-hybridized carbons (Fsp3) is 0.0769. The number of nitrogen functional groups attached to an aromatic ring is 1. The van der Waals surface area contributed by atoms with Crippen LogP contribution in [0, 0.1) is 6.92 Å². The Bertz CT molecular complexity index is 796. The molecule has 2 heterocycles. The van der Waals surface area contributed by atoms with Crippen molar-refractivity contribution < 1.29 is 9.32 Å². The molecule has 0 saturated heterocycles. The van der Waals surface area contributed by atoms with Gasteiger partial charge in [0.15, 0.2) is 5.82 Å². The van der Waals surface area contributed by atoms with Gasteiger partial charge in [0.2, 0.25) is 0 Å². The second kappa shape index (κ2) is 4.61. The molecule has 3 aromatic rings. The second-order valence-corrected chi connectivity index (χ2v) is 4.21. The van der Waals surface area contributed by atoms with Crippen molar-refractivity contribution in [2.75, 3.05) is 11.1 Å². The Morgan fingerprint density at radius 3 is 2.85 bits per heavy atom. The molecule has 0 spiro atoms. The first kappa shape index (κ1) is 12.1. The molecule has 0 saturated carbocycles. The van der Waals surface area contributed by atoms with E-state index in [1.54, 1.807) is 13.0 Å². The normalized spacial score (nSPS) is 10.7. The summed E-state index contributed by atoms with van der Waals surface area (Å²) in [6, 6.07) is 9.12. The van der Waals surface area contributed by atoms with E-state index in [0.29, 0.717) is 11.6 Å². The van der Waals surface area contributed by atoms with Crippen LogP contribution in [0.3, 0.4) is 0 Å². The first-order valence-corrected chi connectivity index (χ1v) is 5.90. The van der Waals surface area contributed by atoms with Crippen LogP contribution in [0.25, 0.3) is 10.8 Å². The molecule has 1 amide bonds. The van der Waals surface area contributed by atoms with Gasteiger partial charge in [0.05, 0.1) is 0 Å². The Balaban J connectivity index is 1.95. The summed E-state index contributed by atoms with van der Waals surface area (Å²) in [4.78, 5) is 20.0. The Morgan fingerprint density at radius 1 is 1.30 bits per heavy atom. The van der Waals surface area contributed by atoms with E-state index in [-0.39, 0.29) is 11.7 Å². The summed E-state index contributed by atoms with van der Waals surface area (Å²) in [5.74, 6) is 0.285. The van der Waals surface area contributed by atoms with E-state index < -0.39 is 5.91 Å². The van der Waals surface area contributed by atoms with Crippen LogP contribution in [-0.2, 0) is 0 Å². The van der Waals surface area contributed by atoms with Crippen LogP contribution < -0.4 is 11.1 Å². The lowest BCUT2D eigenvalue weighted by Gasteiger charge is -2.05. The van der Waals surface area contributed by atoms with Crippen LogP contribution in [0.2, 0.25) is 0 Å². The van der Waals surface area contributed by atoms with Gasteiger partial charge >= 0.3 is 6.01 Å². The van der Waals surface area contributed by atoms with Crippen LogP contribution in [0.1, 0.15) is 16.3 Å². The van der Waals surface area contributed by atoms with E-state index >= 15 is 0 Å². The van der Waals surface area contributed by atoms with Crippen LogP contribution in [0.4, 0.5) is 11.8 Å². The molecule has 100 valence electrons. The second-order valence-electron chi connectivity index (χ2n) is 4.21. The van der Waals surface area contributed by atoms with E-state index in [4.69, 9.17) is 10.3 Å². The first-order chi connectivity index (χ1) is 9.63. The predicted octanol–water partition coefficient (Wildman–Crippen LogP) is 1.76. The maximum Gasteiger partial charge on any atom is 0.328 e. The molecule has 0 atom stereocenters. The highest BCUT2D eigenvalue weighted by molar-refractivity contribution is 6.05. The standard InChI is InChI=1S/C13H11N5O2/c1-7-15-13(20-18-7)17-12(19)10-6-8-4-2-3-5-9(8)11(14)16-10/h2-6H,1H3,(H2,14,16)(H,15,17,18,19). The zero-order valence-corrected chi connectivity index (χ0v) is 10.6. The van der Waals surface area contributed by atoms with Crippen molar-refractivity contribution in [1.82, 2.24) is 15.1 Å². The number of nitrogens with one attached hydrogen (secondary N) is 1. The van der Waals surface area contributed by atoms with Gasteiger partial charge in [-0.15, -0.1) is 0 Å². The quantitative estimate of drug-likeness (QED) is 0.734. The Labute approximate surface area is 113 Å². The molecule has 0 radical (unpaired) electrons. The monoisotopic (exact) mass is 269 g/mol. The van der Waals surface area contributed by atoms with E-state index in [0.717, 1.165) is 10.8 Å². The Hall–Kier alpha value is -2.96. The Morgan fingerprint density at radius 2 is 2.10 bits per heavy atom. The number of hydrogen-bond acceptors (Lipinski definition) is 6. The molecule has 0 fully saturated rings. The van der Waals surface area contributed by atoms with E-state index in [2.05, 4.69) is 20.4 Å². The van der Waals surface area contributed by atoms with Gasteiger partial charge in [0.1, 0.15) is 11.5 Å². The van der Waals surface area contributed by atoms with Gasteiger partial charge in [-0.1, -0.05) is 29.4 Å². The van der Waals surface area contributed by atoms with Crippen LogP contribution in [0.5, 0.6) is 0 Å². The van der Waals surface area contributed by atoms with Crippen molar-refractivity contribution in [3.05, 3.63) is 41.9 Å². The average molecular weight is 269 g/mol. The van der Waals surface area contributed by atoms with E-state index in [1.807, 2.05) is 24.3 Å². The van der Waals surface area contributed by atoms with Crippen molar-refractivity contribution in [2.45, 2.75) is 6.92 Å². The minimum atomic E-state index is -0.453. The molecule has 2 aromatic heterocycles. The van der Waals surface area contributed by atoms with Crippen molar-refractivity contribution in [3.8, 4) is 0 Å². The largest absolute Gasteiger partial charge is 0.383 e. The number of carbonyl (C=O) groups is 1. The van der Waals surface area contributed by atoms with Crippen LogP contribution >= 0.6 is 0 Å². The highest BCUT2D eigenvalue weighted by Crippen LogP contribution is 2.20. The number of amides is 1. The van der Waals surface area contributed by atoms with Gasteiger partial charge in [-0.3, -0.25) is 10.1 Å². The molecular weight excluding hydrogens is 258 g/mol. The lowest BCUT2D eigenvalue weighted by atomic mass is 10.1. The number of nitrogens with two attached hydrogens (primary N) is 1. The minimum Gasteiger partial charge on any atom is -0.383 e. The molecule has 0 aliphatic rings. The zero-order chi connectivity index (χ0) is 14.1. The fourth-order valence-electron chi connectivity index (χ4n) is 1.85. The van der Waals surface area contributed by atoms with Crippen molar-refractivity contribution in [2.24, 2.45) is 0 Å². The highest BCUT2D eigenvalue weighted by Gasteiger charge is 2.13. The molecule has 3 N–H and O–H groups in total. The van der Waals surface area contributed by atoms with E-state index in [9.17, 15) is 4.79 Å². The summed E-state index contributed by atoms with van der Waals surface area (Å²) in [6.07, 6.45) is 0. The van der Waals surface area contributed by atoms with Crippen LogP contribution in [0.15, 0.2) is 34.9 Å². The number of nitrogens with zero attached hydrogens (tertiary/aromatic N) is 3. The van der Waals surface area contributed by atoms with Gasteiger partial charge in [0.25, 0.3) is 5.91 Å². The number of aryl methyl sites for hydroxylation is 1. The lowest BCUT2D eigenvalue weighted by Crippen LogP contribution is -2.14. The number of fused-ring (bicyclic) bond motifs is 1. The smallest absolute Gasteiger partial charge is 0.328 e. The summed E-state index contributed by atoms with van der Waals surface area (Å²) >= 11 is 0. The summed E-state index contributed by atoms with van der Waals surface area (Å²) in [5.41, 5.74) is 6.04. The third-order valence-corrected chi connectivity index (χ3v) is 2.75. The molecule has 20 heavy (non-hydrogen) atoms.